The topological polar surface area (TPSA) is 50.4 Å². The van der Waals surface area contributed by atoms with E-state index in [0.29, 0.717) is 0 Å². The van der Waals surface area contributed by atoms with Gasteiger partial charge in [0.05, 0.1) is 0 Å². The van der Waals surface area contributed by atoms with E-state index in [9.17, 15) is 4.79 Å². The van der Waals surface area contributed by atoms with E-state index in [4.69, 9.17) is 4.74 Å². The highest BCUT2D eigenvalue weighted by Crippen LogP contribution is 2.14. The Morgan fingerprint density at radius 3 is 2.93 bits per heavy atom. The highest BCUT2D eigenvalue weighted by Gasteiger charge is 2.14. The molecule has 1 aliphatic heterocycles. The van der Waals surface area contributed by atoms with Crippen molar-refractivity contribution in [3.8, 4) is 0 Å². The number of carbonyl (C=O) groups excluding carboxylic acids is 1. The molecule has 0 bridgehead atoms. The van der Waals surface area contributed by atoms with Crippen molar-refractivity contribution in [3.05, 3.63) is 0 Å². The standard InChI is InChI=1S/C10H20N2O2/c1-9(13)12-6-5-11-4-2-10-3-7-14-8-10/h10-11H,2-8H2,1H3,(H,12,13). The molecule has 1 amide bonds. The third-order valence-corrected chi connectivity index (χ3v) is 2.43. The average Bonchev–Trinajstić information content (AvgIpc) is 2.63. The number of carbonyl (C=O) groups is 1. The molecule has 1 aliphatic rings. The molecular formula is C10H20N2O2. The molecule has 1 heterocycles. The van der Waals surface area contributed by atoms with E-state index in [1.807, 2.05) is 0 Å². The van der Waals surface area contributed by atoms with Crippen molar-refractivity contribution in [1.29, 1.82) is 0 Å². The number of nitrogens with one attached hydrogen (secondary N) is 2. The molecule has 0 aliphatic carbocycles. The van der Waals surface area contributed by atoms with E-state index in [0.717, 1.165) is 38.8 Å². The van der Waals surface area contributed by atoms with Crippen LogP contribution in [-0.4, -0.2) is 38.8 Å². The van der Waals surface area contributed by atoms with Gasteiger partial charge in [-0.2, -0.15) is 0 Å². The molecule has 1 saturated heterocycles. The van der Waals surface area contributed by atoms with Gasteiger partial charge in [0.25, 0.3) is 0 Å². The van der Waals surface area contributed by atoms with Gasteiger partial charge < -0.3 is 15.4 Å². The van der Waals surface area contributed by atoms with Gasteiger partial charge in [-0.1, -0.05) is 0 Å². The summed E-state index contributed by atoms with van der Waals surface area (Å²) in [6, 6.07) is 0. The first kappa shape index (κ1) is 11.5. The Labute approximate surface area is 85.4 Å². The van der Waals surface area contributed by atoms with Crippen LogP contribution in [-0.2, 0) is 9.53 Å². The predicted molar refractivity (Wildman–Crippen MR) is 55.1 cm³/mol. The maximum atomic E-state index is 10.5. The van der Waals surface area contributed by atoms with Gasteiger partial charge in [-0.05, 0) is 25.3 Å². The van der Waals surface area contributed by atoms with Gasteiger partial charge in [-0.15, -0.1) is 0 Å². The number of hydrogen-bond donors (Lipinski definition) is 2. The number of rotatable bonds is 6. The van der Waals surface area contributed by atoms with Gasteiger partial charge in [0, 0.05) is 33.2 Å². The minimum absolute atomic E-state index is 0.0380. The fraction of sp³-hybridized carbons (Fsp3) is 0.900. The minimum atomic E-state index is 0.0380. The fourth-order valence-electron chi connectivity index (χ4n) is 1.57. The van der Waals surface area contributed by atoms with E-state index >= 15 is 0 Å². The Morgan fingerprint density at radius 2 is 2.29 bits per heavy atom. The maximum Gasteiger partial charge on any atom is 0.216 e. The van der Waals surface area contributed by atoms with Crippen LogP contribution < -0.4 is 10.6 Å². The molecule has 4 nitrogen and oxygen atoms in total. The van der Waals surface area contributed by atoms with Crippen molar-refractivity contribution in [2.45, 2.75) is 19.8 Å². The van der Waals surface area contributed by atoms with E-state index in [1.165, 1.54) is 19.8 Å². The summed E-state index contributed by atoms with van der Waals surface area (Å²) in [5.74, 6) is 0.777. The minimum Gasteiger partial charge on any atom is -0.381 e. The van der Waals surface area contributed by atoms with Crippen LogP contribution in [0.3, 0.4) is 0 Å². The van der Waals surface area contributed by atoms with Crippen molar-refractivity contribution in [1.82, 2.24) is 10.6 Å². The van der Waals surface area contributed by atoms with E-state index in [2.05, 4.69) is 10.6 Å². The number of hydrogen-bond acceptors (Lipinski definition) is 3. The SMILES string of the molecule is CC(=O)NCCNCCC1CCOC1. The molecular weight excluding hydrogens is 180 g/mol. The second-order valence-corrected chi connectivity index (χ2v) is 3.75. The number of amides is 1. The van der Waals surface area contributed by atoms with Gasteiger partial charge >= 0.3 is 0 Å². The summed E-state index contributed by atoms with van der Waals surface area (Å²) in [5, 5.41) is 6.05. The Bertz CT molecular complexity index is 168. The molecule has 0 spiro atoms. The lowest BCUT2D eigenvalue weighted by Crippen LogP contribution is -2.31. The lowest BCUT2D eigenvalue weighted by atomic mass is 10.1. The third-order valence-electron chi connectivity index (χ3n) is 2.43. The largest absolute Gasteiger partial charge is 0.381 e. The van der Waals surface area contributed by atoms with Crippen LogP contribution in [0.15, 0.2) is 0 Å². The Balaban J connectivity index is 1.82. The summed E-state index contributed by atoms with van der Waals surface area (Å²) in [4.78, 5) is 10.5. The van der Waals surface area contributed by atoms with Crippen LogP contribution >= 0.6 is 0 Å². The highest BCUT2D eigenvalue weighted by atomic mass is 16.5. The molecule has 0 aromatic heterocycles. The molecule has 1 rings (SSSR count). The molecule has 0 aromatic carbocycles. The third kappa shape index (κ3) is 5.19. The van der Waals surface area contributed by atoms with Crippen molar-refractivity contribution in [2.75, 3.05) is 32.8 Å². The van der Waals surface area contributed by atoms with Gasteiger partial charge in [0.2, 0.25) is 5.91 Å². The molecule has 4 heteroatoms. The zero-order chi connectivity index (χ0) is 10.2. The molecule has 0 radical (unpaired) electrons. The Hall–Kier alpha value is -0.610. The van der Waals surface area contributed by atoms with Crippen molar-refractivity contribution < 1.29 is 9.53 Å². The molecule has 1 atom stereocenters. The van der Waals surface area contributed by atoms with Crippen LogP contribution in [0.25, 0.3) is 0 Å². The van der Waals surface area contributed by atoms with Gasteiger partial charge in [-0.25, -0.2) is 0 Å². The van der Waals surface area contributed by atoms with Crippen LogP contribution in [0, 0.1) is 5.92 Å². The van der Waals surface area contributed by atoms with Gasteiger partial charge in [-0.3, -0.25) is 4.79 Å². The monoisotopic (exact) mass is 200 g/mol. The Morgan fingerprint density at radius 1 is 1.43 bits per heavy atom. The summed E-state index contributed by atoms with van der Waals surface area (Å²) in [6.45, 7) is 5.98. The predicted octanol–water partition coefficient (Wildman–Crippen LogP) is 0.139. The summed E-state index contributed by atoms with van der Waals surface area (Å²) in [6.07, 6.45) is 2.38. The van der Waals surface area contributed by atoms with E-state index in [1.54, 1.807) is 0 Å². The molecule has 1 fully saturated rings. The smallest absolute Gasteiger partial charge is 0.216 e. The zero-order valence-electron chi connectivity index (χ0n) is 8.84. The first-order valence-corrected chi connectivity index (χ1v) is 5.32. The zero-order valence-corrected chi connectivity index (χ0v) is 8.84. The van der Waals surface area contributed by atoms with Crippen LogP contribution in [0.5, 0.6) is 0 Å². The van der Waals surface area contributed by atoms with Crippen LogP contribution in [0.1, 0.15) is 19.8 Å². The second kappa shape index (κ2) is 6.79. The summed E-state index contributed by atoms with van der Waals surface area (Å²) in [5.41, 5.74) is 0. The second-order valence-electron chi connectivity index (χ2n) is 3.75. The summed E-state index contributed by atoms with van der Waals surface area (Å²) in [7, 11) is 0. The quantitative estimate of drug-likeness (QED) is 0.600. The van der Waals surface area contributed by atoms with Crippen molar-refractivity contribution in [3.63, 3.8) is 0 Å². The average molecular weight is 200 g/mol. The fourth-order valence-corrected chi connectivity index (χ4v) is 1.57. The maximum absolute atomic E-state index is 10.5. The van der Waals surface area contributed by atoms with E-state index < -0.39 is 0 Å². The summed E-state index contributed by atoms with van der Waals surface area (Å²) >= 11 is 0. The molecule has 0 aromatic rings. The Kier molecular flexibility index (Phi) is 5.56. The molecule has 1 unspecified atom stereocenters. The normalized spacial score (nSPS) is 21.1. The first-order chi connectivity index (χ1) is 6.79. The summed E-state index contributed by atoms with van der Waals surface area (Å²) < 4.78 is 5.28. The highest BCUT2D eigenvalue weighted by molar-refractivity contribution is 5.72. The number of ether oxygens (including phenoxy) is 1. The van der Waals surface area contributed by atoms with E-state index in [-0.39, 0.29) is 5.91 Å². The molecule has 0 saturated carbocycles. The van der Waals surface area contributed by atoms with Crippen LogP contribution in [0.4, 0.5) is 0 Å². The first-order valence-electron chi connectivity index (χ1n) is 5.32. The van der Waals surface area contributed by atoms with Gasteiger partial charge in [0.15, 0.2) is 0 Å². The molecule has 2 N–H and O–H groups in total. The molecule has 14 heavy (non-hydrogen) atoms. The lowest BCUT2D eigenvalue weighted by molar-refractivity contribution is -0.118. The van der Waals surface area contributed by atoms with Crippen molar-refractivity contribution >= 4 is 5.91 Å². The van der Waals surface area contributed by atoms with Gasteiger partial charge in [0.1, 0.15) is 0 Å². The van der Waals surface area contributed by atoms with Crippen LogP contribution in [0.2, 0.25) is 0 Å². The molecule has 82 valence electrons. The lowest BCUT2D eigenvalue weighted by Gasteiger charge is -2.08. The van der Waals surface area contributed by atoms with Crippen molar-refractivity contribution in [2.24, 2.45) is 5.92 Å².